The predicted molar refractivity (Wildman–Crippen MR) is 108 cm³/mol. The molecule has 1 aliphatic rings. The lowest BCUT2D eigenvalue weighted by Crippen LogP contribution is -2.49. The molecular weight excluding hydrogens is 375 g/mol. The molecule has 2 heterocycles. The monoisotopic (exact) mass is 396 g/mol. The first-order valence-electron chi connectivity index (χ1n) is 9.33. The number of alkyl halides is 1. The van der Waals surface area contributed by atoms with Crippen LogP contribution in [0.1, 0.15) is 6.42 Å². The molecule has 1 aromatic heterocycles. The van der Waals surface area contributed by atoms with Crippen LogP contribution in [0, 0.1) is 0 Å². The summed E-state index contributed by atoms with van der Waals surface area (Å²) in [5.74, 6) is 1.27. The van der Waals surface area contributed by atoms with Crippen molar-refractivity contribution in [3.05, 3.63) is 48.5 Å². The number of nitrogens with zero attached hydrogens (tertiary/aromatic N) is 3. The maximum atomic E-state index is 14.0. The van der Waals surface area contributed by atoms with E-state index in [2.05, 4.69) is 15.5 Å². The highest BCUT2D eigenvalue weighted by Gasteiger charge is 2.30. The van der Waals surface area contributed by atoms with E-state index in [0.29, 0.717) is 5.82 Å². The molecule has 0 saturated carbocycles. The summed E-state index contributed by atoms with van der Waals surface area (Å²) in [5, 5.41) is 22.9. The van der Waals surface area contributed by atoms with E-state index in [1.807, 2.05) is 48.5 Å². The second-order valence-electron chi connectivity index (χ2n) is 7.03. The Morgan fingerprint density at radius 1 is 1.14 bits per heavy atom. The first-order chi connectivity index (χ1) is 14.0. The van der Waals surface area contributed by atoms with Gasteiger partial charge >= 0.3 is 6.09 Å². The molecular formula is C21H21FN4O3. The number of hydrogen-bond donors (Lipinski definition) is 2. The van der Waals surface area contributed by atoms with Crippen molar-refractivity contribution in [3.8, 4) is 17.0 Å². The molecule has 8 heteroatoms. The zero-order valence-corrected chi connectivity index (χ0v) is 15.9. The highest BCUT2D eigenvalue weighted by Crippen LogP contribution is 2.31. The third kappa shape index (κ3) is 3.91. The van der Waals surface area contributed by atoms with Crippen LogP contribution in [0.4, 0.5) is 15.0 Å². The number of aromatic nitrogens is 2. The van der Waals surface area contributed by atoms with E-state index in [1.165, 1.54) is 0 Å². The molecule has 0 radical (unpaired) electrons. The van der Waals surface area contributed by atoms with E-state index in [0.717, 1.165) is 32.7 Å². The molecule has 1 aliphatic heterocycles. The van der Waals surface area contributed by atoms with Gasteiger partial charge in [0.2, 0.25) is 0 Å². The fourth-order valence-electron chi connectivity index (χ4n) is 3.66. The number of halogens is 1. The second kappa shape index (κ2) is 7.90. The van der Waals surface area contributed by atoms with E-state index in [4.69, 9.17) is 4.74 Å². The molecule has 2 atom stereocenters. The largest absolute Gasteiger partial charge is 0.497 e. The molecule has 0 aliphatic carbocycles. The van der Waals surface area contributed by atoms with Crippen LogP contribution in [0.25, 0.3) is 22.0 Å². The summed E-state index contributed by atoms with van der Waals surface area (Å²) in [6.45, 7) is 0.0995. The van der Waals surface area contributed by atoms with Gasteiger partial charge in [0, 0.05) is 35.3 Å². The lowest BCUT2D eigenvalue weighted by atomic mass is 10.0. The van der Waals surface area contributed by atoms with Gasteiger partial charge in [-0.05, 0) is 24.3 Å². The van der Waals surface area contributed by atoms with E-state index in [-0.39, 0.29) is 25.6 Å². The minimum absolute atomic E-state index is 0.101. The van der Waals surface area contributed by atoms with Crippen LogP contribution in [0.5, 0.6) is 5.75 Å². The molecule has 4 rings (SSSR count). The number of nitrogens with one attached hydrogen (secondary N) is 1. The summed E-state index contributed by atoms with van der Waals surface area (Å²) in [6.07, 6.45) is -2.11. The molecule has 0 bridgehead atoms. The summed E-state index contributed by atoms with van der Waals surface area (Å²) >= 11 is 0. The number of ether oxygens (including phenoxy) is 1. The summed E-state index contributed by atoms with van der Waals surface area (Å²) in [5.41, 5.74) is 1.63. The van der Waals surface area contributed by atoms with E-state index in [1.54, 1.807) is 7.11 Å². The molecule has 0 spiro atoms. The number of carbonyl (C=O) groups is 1. The van der Waals surface area contributed by atoms with E-state index >= 15 is 0 Å². The highest BCUT2D eigenvalue weighted by molar-refractivity contribution is 6.00. The van der Waals surface area contributed by atoms with Crippen molar-refractivity contribution in [3.63, 3.8) is 0 Å². The van der Waals surface area contributed by atoms with Crippen molar-refractivity contribution in [1.29, 1.82) is 0 Å². The van der Waals surface area contributed by atoms with Gasteiger partial charge in [-0.3, -0.25) is 0 Å². The Hall–Kier alpha value is -3.42. The normalized spacial score (nSPS) is 19.2. The maximum Gasteiger partial charge on any atom is 0.407 e. The molecule has 2 N–H and O–H groups in total. The second-order valence-corrected chi connectivity index (χ2v) is 7.03. The molecule has 1 saturated heterocycles. The number of fused-ring (bicyclic) bond motifs is 1. The third-order valence-corrected chi connectivity index (χ3v) is 5.06. The number of methoxy groups -OCH3 is 1. The van der Waals surface area contributed by atoms with Gasteiger partial charge in [-0.1, -0.05) is 24.3 Å². The van der Waals surface area contributed by atoms with Gasteiger partial charge in [0.1, 0.15) is 17.6 Å². The predicted octanol–water partition coefficient (Wildman–Crippen LogP) is 3.81. The molecule has 0 unspecified atom stereocenters. The first kappa shape index (κ1) is 18.9. The number of benzene rings is 2. The fraction of sp³-hybridized carbons (Fsp3) is 0.286. The smallest absolute Gasteiger partial charge is 0.407 e. The van der Waals surface area contributed by atoms with Crippen molar-refractivity contribution in [2.75, 3.05) is 25.5 Å². The van der Waals surface area contributed by atoms with Crippen LogP contribution < -0.4 is 10.1 Å². The van der Waals surface area contributed by atoms with Crippen molar-refractivity contribution < 1.29 is 19.0 Å². The van der Waals surface area contributed by atoms with Crippen molar-refractivity contribution >= 4 is 22.7 Å². The minimum atomic E-state index is -1.21. The summed E-state index contributed by atoms with van der Waals surface area (Å²) in [7, 11) is 1.61. The maximum absolute atomic E-state index is 14.0. The average molecular weight is 396 g/mol. The molecule has 29 heavy (non-hydrogen) atoms. The Morgan fingerprint density at radius 3 is 2.55 bits per heavy atom. The van der Waals surface area contributed by atoms with Crippen LogP contribution in [0.15, 0.2) is 48.5 Å². The summed E-state index contributed by atoms with van der Waals surface area (Å²) < 4.78 is 19.2. The standard InChI is InChI=1S/C21H21FN4O3/c1-29-16-8-6-13(7-9-16)19-17-4-2-3-5-18(17)20(25-24-19)23-15-10-14(22)11-26(12-15)21(27)28/h2-9,14-15H,10-12H2,1H3,(H,23,25)(H,27,28)/t14-,15-/m1/s1. The number of piperidine rings is 1. The fourth-order valence-corrected chi connectivity index (χ4v) is 3.66. The Kier molecular flexibility index (Phi) is 5.16. The number of amides is 1. The first-order valence-corrected chi connectivity index (χ1v) is 9.33. The molecule has 3 aromatic rings. The van der Waals surface area contributed by atoms with Gasteiger partial charge in [-0.15, -0.1) is 10.2 Å². The van der Waals surface area contributed by atoms with Crippen LogP contribution >= 0.6 is 0 Å². The van der Waals surface area contributed by atoms with Crippen LogP contribution in [-0.2, 0) is 0 Å². The van der Waals surface area contributed by atoms with E-state index in [9.17, 15) is 14.3 Å². The average Bonchev–Trinajstić information content (AvgIpc) is 2.74. The van der Waals surface area contributed by atoms with Crippen LogP contribution in [0.2, 0.25) is 0 Å². The number of likely N-dealkylation sites (tertiary alicyclic amines) is 1. The van der Waals surface area contributed by atoms with E-state index < -0.39 is 12.3 Å². The van der Waals surface area contributed by atoms with Gasteiger partial charge in [0.25, 0.3) is 0 Å². The van der Waals surface area contributed by atoms with Gasteiger partial charge < -0.3 is 20.1 Å². The SMILES string of the molecule is COc1ccc(-c2nnc(N[C@@H]3C[C@@H](F)CN(C(=O)O)C3)c3ccccc23)cc1. The Morgan fingerprint density at radius 2 is 1.86 bits per heavy atom. The topological polar surface area (TPSA) is 87.6 Å². The highest BCUT2D eigenvalue weighted by atomic mass is 19.1. The molecule has 1 fully saturated rings. The van der Waals surface area contributed by atoms with Gasteiger partial charge in [0.05, 0.1) is 13.7 Å². The van der Waals surface area contributed by atoms with Crippen molar-refractivity contribution in [2.24, 2.45) is 0 Å². The minimum Gasteiger partial charge on any atom is -0.497 e. The zero-order valence-electron chi connectivity index (χ0n) is 15.9. The van der Waals surface area contributed by atoms with Crippen molar-refractivity contribution in [1.82, 2.24) is 15.1 Å². The third-order valence-electron chi connectivity index (χ3n) is 5.06. The summed E-state index contributed by atoms with van der Waals surface area (Å²) in [6, 6.07) is 14.9. The Bertz CT molecular complexity index is 1030. The quantitative estimate of drug-likeness (QED) is 0.697. The van der Waals surface area contributed by atoms with Gasteiger partial charge in [-0.2, -0.15) is 0 Å². The lowest BCUT2D eigenvalue weighted by Gasteiger charge is -2.33. The molecule has 1 amide bonds. The summed E-state index contributed by atoms with van der Waals surface area (Å²) in [4.78, 5) is 12.3. The molecule has 150 valence electrons. The van der Waals surface area contributed by atoms with Crippen LogP contribution in [0.3, 0.4) is 0 Å². The molecule has 7 nitrogen and oxygen atoms in total. The Labute approximate surface area is 167 Å². The lowest BCUT2D eigenvalue weighted by molar-refractivity contribution is 0.102. The van der Waals surface area contributed by atoms with Gasteiger partial charge in [0.15, 0.2) is 5.82 Å². The van der Waals surface area contributed by atoms with Crippen molar-refractivity contribution in [2.45, 2.75) is 18.6 Å². The number of rotatable bonds is 4. The Balaban J connectivity index is 1.67. The number of hydrogen-bond acceptors (Lipinski definition) is 5. The number of carboxylic acid groups (broad SMARTS) is 1. The van der Waals surface area contributed by atoms with Crippen LogP contribution in [-0.4, -0.2) is 58.7 Å². The number of anilines is 1. The molecule has 2 aromatic carbocycles. The van der Waals surface area contributed by atoms with Gasteiger partial charge in [-0.25, -0.2) is 9.18 Å². The zero-order chi connectivity index (χ0) is 20.4.